The first-order chi connectivity index (χ1) is 7.43. The third-order valence-electron chi connectivity index (χ3n) is 3.46. The van der Waals surface area contributed by atoms with Gasteiger partial charge >= 0.3 is 0 Å². The molecule has 0 amide bonds. The van der Waals surface area contributed by atoms with Gasteiger partial charge in [0.1, 0.15) is 0 Å². The number of hydrogen-bond donors (Lipinski definition) is 1. The first kappa shape index (κ1) is 11.4. The summed E-state index contributed by atoms with van der Waals surface area (Å²) in [5, 5.41) is 0. The number of nitrogens with two attached hydrogens (primary N) is 1. The van der Waals surface area contributed by atoms with E-state index in [2.05, 4.69) is 37.7 Å². The lowest BCUT2D eigenvalue weighted by Crippen LogP contribution is -2.27. The van der Waals surface area contributed by atoms with Crippen molar-refractivity contribution in [3.8, 4) is 0 Å². The summed E-state index contributed by atoms with van der Waals surface area (Å²) in [6.45, 7) is 9.02. The zero-order valence-electron chi connectivity index (χ0n) is 10.7. The number of aromatic nitrogens is 2. The molecule has 3 heteroatoms. The van der Waals surface area contributed by atoms with Crippen LogP contribution in [0.3, 0.4) is 0 Å². The minimum atomic E-state index is 0.357. The van der Waals surface area contributed by atoms with Crippen LogP contribution in [0.15, 0.2) is 0 Å². The van der Waals surface area contributed by atoms with Crippen molar-refractivity contribution in [2.75, 3.05) is 5.73 Å². The van der Waals surface area contributed by atoms with Crippen LogP contribution in [0.1, 0.15) is 57.0 Å². The van der Waals surface area contributed by atoms with Gasteiger partial charge in [0.25, 0.3) is 0 Å². The van der Waals surface area contributed by atoms with Crippen LogP contribution in [-0.4, -0.2) is 9.97 Å². The second kappa shape index (κ2) is 3.72. The summed E-state index contributed by atoms with van der Waals surface area (Å²) >= 11 is 0. The van der Waals surface area contributed by atoms with E-state index in [1.54, 1.807) is 0 Å². The number of fused-ring (bicyclic) bond motifs is 1. The first-order valence-electron chi connectivity index (χ1n) is 6.08. The number of hydrogen-bond acceptors (Lipinski definition) is 3. The fourth-order valence-electron chi connectivity index (χ4n) is 2.94. The van der Waals surface area contributed by atoms with Gasteiger partial charge in [-0.2, -0.15) is 0 Å². The average Bonchev–Trinajstić information content (AvgIpc) is 2.17. The van der Waals surface area contributed by atoms with E-state index in [-0.39, 0.29) is 0 Å². The Morgan fingerprint density at radius 2 is 2.06 bits per heavy atom. The van der Waals surface area contributed by atoms with Gasteiger partial charge in [-0.25, -0.2) is 9.97 Å². The van der Waals surface area contributed by atoms with E-state index in [4.69, 9.17) is 5.73 Å². The van der Waals surface area contributed by atoms with Gasteiger partial charge in [0.15, 0.2) is 0 Å². The molecule has 0 bridgehead atoms. The van der Waals surface area contributed by atoms with Crippen molar-refractivity contribution in [2.45, 2.75) is 52.9 Å². The highest BCUT2D eigenvalue weighted by atomic mass is 15.0. The van der Waals surface area contributed by atoms with Crippen LogP contribution in [-0.2, 0) is 12.8 Å². The molecule has 1 aromatic heterocycles. The van der Waals surface area contributed by atoms with Gasteiger partial charge < -0.3 is 5.73 Å². The minimum absolute atomic E-state index is 0.357. The van der Waals surface area contributed by atoms with Gasteiger partial charge in [-0.3, -0.25) is 0 Å². The molecular weight excluding hydrogens is 198 g/mol. The molecule has 0 aliphatic heterocycles. The van der Waals surface area contributed by atoms with Crippen LogP contribution < -0.4 is 5.73 Å². The van der Waals surface area contributed by atoms with E-state index in [1.807, 2.05) is 0 Å². The lowest BCUT2D eigenvalue weighted by atomic mass is 9.71. The molecule has 3 nitrogen and oxygen atoms in total. The quantitative estimate of drug-likeness (QED) is 0.790. The van der Waals surface area contributed by atoms with Crippen molar-refractivity contribution in [2.24, 2.45) is 5.41 Å². The molecule has 1 aliphatic carbocycles. The minimum Gasteiger partial charge on any atom is -0.368 e. The fraction of sp³-hybridized carbons (Fsp3) is 0.692. The Balaban J connectivity index is 2.55. The molecule has 1 aliphatic rings. The fourth-order valence-corrected chi connectivity index (χ4v) is 2.94. The molecule has 2 N–H and O–H groups in total. The second-order valence-corrected chi connectivity index (χ2v) is 5.69. The summed E-state index contributed by atoms with van der Waals surface area (Å²) in [4.78, 5) is 8.81. The Morgan fingerprint density at radius 3 is 2.69 bits per heavy atom. The van der Waals surface area contributed by atoms with Crippen molar-refractivity contribution < 1.29 is 0 Å². The molecule has 1 aromatic rings. The molecule has 1 unspecified atom stereocenters. The highest BCUT2D eigenvalue weighted by Crippen LogP contribution is 2.41. The SMILES string of the molecule is CCc1nc(N)nc2c1CC(C)(C)CC2C. The van der Waals surface area contributed by atoms with Crippen molar-refractivity contribution in [1.29, 1.82) is 0 Å². The zero-order chi connectivity index (χ0) is 11.9. The molecule has 16 heavy (non-hydrogen) atoms. The highest BCUT2D eigenvalue weighted by molar-refractivity contribution is 5.36. The molecule has 0 aromatic carbocycles. The number of nitrogen functional groups attached to an aromatic ring is 1. The maximum atomic E-state index is 5.77. The monoisotopic (exact) mass is 219 g/mol. The van der Waals surface area contributed by atoms with E-state index in [0.29, 0.717) is 17.3 Å². The van der Waals surface area contributed by atoms with Gasteiger partial charge in [0, 0.05) is 5.69 Å². The van der Waals surface area contributed by atoms with Crippen molar-refractivity contribution in [3.63, 3.8) is 0 Å². The normalized spacial score (nSPS) is 22.9. The van der Waals surface area contributed by atoms with E-state index in [9.17, 15) is 0 Å². The predicted molar refractivity (Wildman–Crippen MR) is 66.3 cm³/mol. The largest absolute Gasteiger partial charge is 0.368 e. The van der Waals surface area contributed by atoms with E-state index < -0.39 is 0 Å². The molecular formula is C13H21N3. The maximum Gasteiger partial charge on any atom is 0.220 e. The Hall–Kier alpha value is -1.12. The lowest BCUT2D eigenvalue weighted by Gasteiger charge is -2.35. The van der Waals surface area contributed by atoms with Crippen molar-refractivity contribution in [3.05, 3.63) is 17.0 Å². The molecule has 1 atom stereocenters. The van der Waals surface area contributed by atoms with Gasteiger partial charge in [0.05, 0.1) is 5.69 Å². The van der Waals surface area contributed by atoms with E-state index in [1.165, 1.54) is 17.7 Å². The first-order valence-corrected chi connectivity index (χ1v) is 6.08. The molecule has 0 saturated carbocycles. The van der Waals surface area contributed by atoms with Crippen LogP contribution in [0.5, 0.6) is 0 Å². The summed E-state index contributed by atoms with van der Waals surface area (Å²) in [5.41, 5.74) is 9.80. The molecule has 0 saturated heterocycles. The van der Waals surface area contributed by atoms with E-state index in [0.717, 1.165) is 18.5 Å². The van der Waals surface area contributed by atoms with Crippen LogP contribution >= 0.6 is 0 Å². The van der Waals surface area contributed by atoms with E-state index >= 15 is 0 Å². The molecule has 0 fully saturated rings. The van der Waals surface area contributed by atoms with Crippen LogP contribution in [0.25, 0.3) is 0 Å². The second-order valence-electron chi connectivity index (χ2n) is 5.69. The number of anilines is 1. The van der Waals surface area contributed by atoms with Crippen LogP contribution in [0.4, 0.5) is 5.95 Å². The summed E-state index contributed by atoms with van der Waals surface area (Å²) < 4.78 is 0. The Kier molecular flexibility index (Phi) is 2.64. The third kappa shape index (κ3) is 1.91. The maximum absolute atomic E-state index is 5.77. The van der Waals surface area contributed by atoms with Crippen molar-refractivity contribution in [1.82, 2.24) is 9.97 Å². The number of rotatable bonds is 1. The molecule has 2 rings (SSSR count). The third-order valence-corrected chi connectivity index (χ3v) is 3.46. The Morgan fingerprint density at radius 1 is 1.38 bits per heavy atom. The number of aryl methyl sites for hydroxylation is 1. The Labute approximate surface area is 97.5 Å². The van der Waals surface area contributed by atoms with Crippen LogP contribution in [0, 0.1) is 5.41 Å². The van der Waals surface area contributed by atoms with Gasteiger partial charge in [-0.1, -0.05) is 27.7 Å². The summed E-state index contributed by atoms with van der Waals surface area (Å²) in [7, 11) is 0. The average molecular weight is 219 g/mol. The van der Waals surface area contributed by atoms with Gasteiger partial charge in [0.2, 0.25) is 5.95 Å². The van der Waals surface area contributed by atoms with Crippen LogP contribution in [0.2, 0.25) is 0 Å². The molecule has 0 radical (unpaired) electrons. The zero-order valence-corrected chi connectivity index (χ0v) is 10.7. The topological polar surface area (TPSA) is 51.8 Å². The smallest absolute Gasteiger partial charge is 0.220 e. The molecule has 0 spiro atoms. The molecule has 1 heterocycles. The highest BCUT2D eigenvalue weighted by Gasteiger charge is 2.32. The predicted octanol–water partition coefficient (Wildman–Crippen LogP) is 2.70. The lowest BCUT2D eigenvalue weighted by molar-refractivity contribution is 0.282. The van der Waals surface area contributed by atoms with Crippen molar-refractivity contribution >= 4 is 5.95 Å². The molecule has 88 valence electrons. The summed E-state index contributed by atoms with van der Waals surface area (Å²) in [6, 6.07) is 0. The number of nitrogens with zero attached hydrogens (tertiary/aromatic N) is 2. The van der Waals surface area contributed by atoms with Gasteiger partial charge in [-0.05, 0) is 36.2 Å². The summed E-state index contributed by atoms with van der Waals surface area (Å²) in [5.74, 6) is 0.927. The summed E-state index contributed by atoms with van der Waals surface area (Å²) in [6.07, 6.45) is 3.20. The standard InChI is InChI=1S/C13H21N3/c1-5-10-9-7-13(3,4)6-8(2)11(9)16-12(14)15-10/h8H,5-7H2,1-4H3,(H2,14,15,16). The van der Waals surface area contributed by atoms with Gasteiger partial charge in [-0.15, -0.1) is 0 Å². The Bertz CT molecular complexity index is 410.